The van der Waals surface area contributed by atoms with Gasteiger partial charge in [-0.25, -0.2) is 4.39 Å². The minimum atomic E-state index is -0.580. The zero-order chi connectivity index (χ0) is 54.9. The summed E-state index contributed by atoms with van der Waals surface area (Å²) < 4.78 is 13.1. The highest BCUT2D eigenvalue weighted by atomic mass is 79.9. The van der Waals surface area contributed by atoms with Crippen LogP contribution >= 0.6 is 31.9 Å². The molecule has 8 fully saturated rings. The largest absolute Gasteiger partial charge is 0.398 e. The van der Waals surface area contributed by atoms with Crippen LogP contribution in [0.4, 0.5) is 44.2 Å². The molecule has 8 aliphatic heterocycles. The van der Waals surface area contributed by atoms with Crippen molar-refractivity contribution in [2.24, 2.45) is 0 Å². The molecular formula is C58H71Br2FN10O6. The average molecular weight is 1180 g/mol. The van der Waals surface area contributed by atoms with E-state index in [4.69, 9.17) is 5.73 Å². The van der Waals surface area contributed by atoms with Crippen molar-refractivity contribution in [2.75, 3.05) is 61.7 Å². The first kappa shape index (κ1) is 57.3. The second-order valence-corrected chi connectivity index (χ2v) is 23.6. The first-order valence-electron chi connectivity index (χ1n) is 27.0. The van der Waals surface area contributed by atoms with Gasteiger partial charge in [-0.2, -0.15) is 0 Å². The number of nitro groups is 3. The number of hydrogen-bond donors (Lipinski definition) is 2. The molecule has 4 aromatic carbocycles. The molecule has 77 heavy (non-hydrogen) atoms. The van der Waals surface area contributed by atoms with E-state index < -0.39 is 10.7 Å². The van der Waals surface area contributed by atoms with Gasteiger partial charge in [-0.1, -0.05) is 23.7 Å². The molecule has 8 heterocycles. The molecule has 4 aromatic rings. The van der Waals surface area contributed by atoms with Crippen molar-refractivity contribution in [1.82, 2.24) is 15.1 Å². The van der Waals surface area contributed by atoms with E-state index in [-0.39, 0.29) is 31.4 Å². The van der Waals surface area contributed by atoms with Crippen molar-refractivity contribution in [2.45, 2.75) is 151 Å². The minimum absolute atomic E-state index is 0.0987. The Morgan fingerprint density at radius 2 is 0.857 bits per heavy atom. The molecule has 0 amide bonds. The van der Waals surface area contributed by atoms with Crippen molar-refractivity contribution in [3.05, 3.63) is 129 Å². The van der Waals surface area contributed by atoms with Gasteiger partial charge in [0.25, 0.3) is 17.1 Å². The minimum Gasteiger partial charge on any atom is -0.398 e. The first-order valence-corrected chi connectivity index (χ1v) is 28.6. The van der Waals surface area contributed by atoms with Gasteiger partial charge in [-0.05, 0) is 217 Å². The highest BCUT2D eigenvalue weighted by Gasteiger charge is 2.41. The van der Waals surface area contributed by atoms with E-state index in [9.17, 15) is 34.7 Å². The fourth-order valence-electron chi connectivity index (χ4n) is 12.5. The number of anilines is 4. The third-order valence-corrected chi connectivity index (χ3v) is 17.4. The van der Waals surface area contributed by atoms with Crippen molar-refractivity contribution in [3.63, 3.8) is 0 Å². The van der Waals surface area contributed by atoms with Crippen molar-refractivity contribution in [3.8, 4) is 23.7 Å². The quantitative estimate of drug-likeness (QED) is 0.0736. The Morgan fingerprint density at radius 1 is 0.519 bits per heavy atom. The van der Waals surface area contributed by atoms with E-state index >= 15 is 0 Å². The number of rotatable bonds is 8. The maximum absolute atomic E-state index is 12.4. The van der Waals surface area contributed by atoms with Gasteiger partial charge < -0.3 is 25.8 Å². The first-order chi connectivity index (χ1) is 36.9. The molecule has 3 N–H and O–H groups in total. The Hall–Kier alpha value is -5.83. The zero-order valence-corrected chi connectivity index (χ0v) is 47.7. The fraction of sp³-hybridized carbons (Fsp3) is 0.517. The van der Waals surface area contributed by atoms with Crippen LogP contribution in [-0.2, 0) is 0 Å². The lowest BCUT2D eigenvalue weighted by Crippen LogP contribution is -2.28. The van der Waals surface area contributed by atoms with E-state index in [1.165, 1.54) is 108 Å². The third-order valence-electron chi connectivity index (χ3n) is 16.1. The fourth-order valence-corrected chi connectivity index (χ4v) is 13.5. The van der Waals surface area contributed by atoms with E-state index in [1.807, 2.05) is 63.4 Å². The predicted molar refractivity (Wildman–Crippen MR) is 311 cm³/mol. The second-order valence-electron chi connectivity index (χ2n) is 21.9. The van der Waals surface area contributed by atoms with Gasteiger partial charge >= 0.3 is 0 Å². The topological polar surface area (TPSA) is 184 Å². The van der Waals surface area contributed by atoms with Gasteiger partial charge in [0.2, 0.25) is 0 Å². The molecule has 0 aliphatic carbocycles. The van der Waals surface area contributed by atoms with Crippen LogP contribution in [0, 0.1) is 59.8 Å². The summed E-state index contributed by atoms with van der Waals surface area (Å²) in [4.78, 5) is 42.4. The number of nitrogen functional groups attached to an aromatic ring is 1. The zero-order valence-electron chi connectivity index (χ0n) is 44.5. The molecular weight excluding hydrogens is 1110 g/mol. The summed E-state index contributed by atoms with van der Waals surface area (Å²) in [6, 6.07) is 26.1. The number of benzene rings is 4. The van der Waals surface area contributed by atoms with E-state index in [0.717, 1.165) is 71.5 Å². The van der Waals surface area contributed by atoms with Gasteiger partial charge in [-0.15, -0.1) is 0 Å². The van der Waals surface area contributed by atoms with Gasteiger partial charge in [0.1, 0.15) is 11.4 Å². The Morgan fingerprint density at radius 3 is 1.21 bits per heavy atom. The molecule has 0 unspecified atom stereocenters. The molecule has 410 valence electrons. The Kier molecular flexibility index (Phi) is 19.5. The number of hydrogen-bond acceptors (Lipinski definition) is 13. The number of nitrogens with two attached hydrogens (primary N) is 1. The van der Waals surface area contributed by atoms with Crippen molar-refractivity contribution >= 4 is 71.7 Å². The molecule has 0 aromatic heterocycles. The maximum atomic E-state index is 12.4. The lowest BCUT2D eigenvalue weighted by atomic mass is 10.0. The molecule has 8 aliphatic rings. The van der Waals surface area contributed by atoms with Crippen molar-refractivity contribution in [1.29, 1.82) is 0 Å². The van der Waals surface area contributed by atoms with E-state index in [0.29, 0.717) is 40.7 Å². The number of halogens is 3. The highest BCUT2D eigenvalue weighted by molar-refractivity contribution is 9.11. The van der Waals surface area contributed by atoms with Crippen LogP contribution in [0.3, 0.4) is 0 Å². The predicted octanol–water partition coefficient (Wildman–Crippen LogP) is 11.8. The third kappa shape index (κ3) is 14.5. The summed E-state index contributed by atoms with van der Waals surface area (Å²) >= 11 is 6.15. The average Bonchev–Trinajstić information content (AvgIpc) is 4.31. The monoisotopic (exact) mass is 1180 g/mol. The smallest absolute Gasteiger partial charge is 0.285 e. The Bertz CT molecular complexity index is 2830. The van der Waals surface area contributed by atoms with Crippen LogP contribution in [0.15, 0.2) is 81.7 Å². The van der Waals surface area contributed by atoms with E-state index in [2.05, 4.69) is 92.6 Å². The summed E-state index contributed by atoms with van der Waals surface area (Å²) in [6.45, 7) is 1.36. The molecule has 19 heteroatoms. The summed E-state index contributed by atoms with van der Waals surface area (Å²) in [5.41, 5.74) is 11.9. The number of nitrogens with zero attached hydrogens (tertiary/aromatic N) is 8. The lowest BCUT2D eigenvalue weighted by molar-refractivity contribution is -0.385. The molecule has 0 spiro atoms. The normalized spacial score (nSPS) is 24.4. The van der Waals surface area contributed by atoms with Crippen LogP contribution in [0.5, 0.6) is 0 Å². The molecule has 0 atom stereocenters. The number of nitro benzene ring substituents is 3. The van der Waals surface area contributed by atoms with Crippen molar-refractivity contribution < 1.29 is 19.2 Å². The second kappa shape index (κ2) is 26.2. The van der Waals surface area contributed by atoms with Gasteiger partial charge in [0.05, 0.1) is 36.8 Å². The molecule has 8 saturated heterocycles. The van der Waals surface area contributed by atoms with Crippen LogP contribution in [0.2, 0.25) is 0 Å². The maximum Gasteiger partial charge on any atom is 0.285 e. The lowest BCUT2D eigenvalue weighted by Gasteiger charge is -2.25. The summed E-state index contributed by atoms with van der Waals surface area (Å²) in [5.74, 6) is 11.9. The van der Waals surface area contributed by atoms with E-state index in [1.54, 1.807) is 12.1 Å². The van der Waals surface area contributed by atoms with Gasteiger partial charge in [0.15, 0.2) is 0 Å². The summed E-state index contributed by atoms with van der Waals surface area (Å²) in [6.07, 6.45) is 21.2. The highest BCUT2D eigenvalue weighted by Crippen LogP contribution is 2.44. The Balaban J connectivity index is 0.000000133. The summed E-state index contributed by atoms with van der Waals surface area (Å²) in [7, 11) is 7.91. The van der Waals surface area contributed by atoms with Crippen LogP contribution in [0.25, 0.3) is 0 Å². The standard InChI is InChI=1S/C17H21N3O2.C17H23N3.C12H13BrN2O2.C6H3BrFNO2.C6H11N/c1-18(2)11-3-4-13-12-16(9-10-17(13)20(21)22)19-14-5-6-15(19)8-7-14;1-19(2)11-3-4-13-12-16(9-10-17(13)18)20-14-5-6-15(20)8-7-14;13-11-7-10(5-6-12(11)15(16)17)14-8-1-2-9(14)4-3-8;7-5-3-4(8)1-2-6(5)9(10)11;1-2-6-4-3-5(1)7-6/h9-10,12,14-15H,5-8,11H2,1-2H3;9-10,12,14-15H,5-8,11,18H2,1-2H3;5-9H,1-4H2;1-3H;5-7H,1-4H2. The Labute approximate surface area is 469 Å². The molecule has 0 saturated carbocycles. The number of nitrogens with one attached hydrogen (secondary N) is 1. The van der Waals surface area contributed by atoms with Gasteiger partial charge in [0, 0.05) is 94.8 Å². The molecule has 0 radical (unpaired) electrons. The summed E-state index contributed by atoms with van der Waals surface area (Å²) in [5, 5.41) is 35.7. The molecule has 16 nitrogen and oxygen atoms in total. The van der Waals surface area contributed by atoms with Crippen LogP contribution in [0.1, 0.15) is 114 Å². The SMILES string of the molecule is C1CC2CCC1N2.CN(C)CC#Cc1cc(N2C3CCC2CC3)ccc1N.CN(C)CC#Cc1cc(N2C3CCC2CC3)ccc1[N+](=O)[O-].O=[N+]([O-])c1ccc(F)cc1Br.O=[N+]([O-])c1ccc(N2C3CCC2CC3)cc1Br. The van der Waals surface area contributed by atoms with Gasteiger partial charge in [-0.3, -0.25) is 40.1 Å². The van der Waals surface area contributed by atoms with Crippen LogP contribution in [-0.4, -0.2) is 114 Å². The molecule has 12 rings (SSSR count). The molecule has 8 bridgehead atoms. The number of fused-ring (bicyclic) bond motifs is 8. The van der Waals surface area contributed by atoms with Crippen LogP contribution < -0.4 is 25.8 Å².